The highest BCUT2D eigenvalue weighted by Gasteiger charge is 2.34. The van der Waals surface area contributed by atoms with Gasteiger partial charge in [-0.15, -0.1) is 0 Å². The quantitative estimate of drug-likeness (QED) is 0.332. The van der Waals surface area contributed by atoms with Gasteiger partial charge in [-0.05, 0) is 24.3 Å². The number of anilines is 2. The lowest BCUT2D eigenvalue weighted by Crippen LogP contribution is -2.36. The number of benzene rings is 2. The molecule has 0 unspecified atom stereocenters. The van der Waals surface area contributed by atoms with Crippen molar-refractivity contribution in [2.24, 2.45) is 0 Å². The number of carbonyl (C=O) groups excluding carboxylic acids is 1. The summed E-state index contributed by atoms with van der Waals surface area (Å²) in [5.74, 6) is -0.504. The Bertz CT molecular complexity index is 1170. The molecular formula is C20H20FN3O8S. The third-order valence-corrected chi connectivity index (χ3v) is 6.47. The van der Waals surface area contributed by atoms with E-state index >= 15 is 0 Å². The molecule has 0 spiro atoms. The van der Waals surface area contributed by atoms with E-state index < -0.39 is 50.2 Å². The minimum atomic E-state index is -4.32. The summed E-state index contributed by atoms with van der Waals surface area (Å²) in [6.07, 6.45) is -1.71. The Kier molecular flexibility index (Phi) is 6.44. The number of hydrogen-bond acceptors (Lipinski definition) is 9. The number of hydrogen-bond donors (Lipinski definition) is 0. The second-order valence-electron chi connectivity index (χ2n) is 7.34. The Morgan fingerprint density at radius 2 is 1.94 bits per heavy atom. The molecule has 4 rings (SSSR count). The van der Waals surface area contributed by atoms with Crippen molar-refractivity contribution in [3.05, 3.63) is 58.4 Å². The third-order valence-electron chi connectivity index (χ3n) is 5.19. The normalized spacial score (nSPS) is 18.9. The van der Waals surface area contributed by atoms with E-state index in [1.54, 1.807) is 12.1 Å². The predicted molar refractivity (Wildman–Crippen MR) is 113 cm³/mol. The summed E-state index contributed by atoms with van der Waals surface area (Å²) in [5, 5.41) is 10.9. The number of ether oxygens (including phenoxy) is 2. The van der Waals surface area contributed by atoms with Crippen LogP contribution < -0.4 is 9.80 Å². The van der Waals surface area contributed by atoms with Crippen LogP contribution in [-0.2, 0) is 23.8 Å². The molecule has 2 heterocycles. The summed E-state index contributed by atoms with van der Waals surface area (Å²) in [4.78, 5) is 25.0. The second kappa shape index (κ2) is 9.29. The van der Waals surface area contributed by atoms with E-state index in [-0.39, 0.29) is 12.2 Å². The molecule has 0 saturated carbocycles. The number of carbonyl (C=O) groups is 1. The number of halogens is 1. The van der Waals surface area contributed by atoms with Crippen LogP contribution in [0, 0.1) is 15.9 Å². The van der Waals surface area contributed by atoms with Gasteiger partial charge in [-0.25, -0.2) is 9.18 Å². The highest BCUT2D eigenvalue weighted by Crippen LogP contribution is 2.29. The molecule has 2 aromatic carbocycles. The average molecular weight is 481 g/mol. The standard InChI is InChI=1S/C20H20FN3O8S/c21-18-11-14(4-5-19(18)22-6-8-30-9-7-22)23-12-16(32-20(23)25)13-31-33(28,29)17-3-1-2-15(10-17)24(26)27/h1-5,10-11,16H,6-9,12-13H2/t16-/m1/s1. The predicted octanol–water partition coefficient (Wildman–Crippen LogP) is 2.30. The van der Waals surface area contributed by atoms with E-state index in [9.17, 15) is 27.7 Å². The van der Waals surface area contributed by atoms with Gasteiger partial charge in [-0.2, -0.15) is 8.42 Å². The van der Waals surface area contributed by atoms with Crippen molar-refractivity contribution >= 4 is 33.3 Å². The molecule has 176 valence electrons. The van der Waals surface area contributed by atoms with Gasteiger partial charge in [0.25, 0.3) is 15.8 Å². The highest BCUT2D eigenvalue weighted by molar-refractivity contribution is 7.86. The Morgan fingerprint density at radius 3 is 2.64 bits per heavy atom. The van der Waals surface area contributed by atoms with Crippen LogP contribution in [0.3, 0.4) is 0 Å². The van der Waals surface area contributed by atoms with Gasteiger partial charge in [0.15, 0.2) is 0 Å². The van der Waals surface area contributed by atoms with Gasteiger partial charge in [0, 0.05) is 25.2 Å². The SMILES string of the molecule is O=C1O[C@@H](COS(=O)(=O)c2cccc([N+](=O)[O-])c2)CN1c1ccc(N2CCOCC2)c(F)c1. The molecule has 33 heavy (non-hydrogen) atoms. The lowest BCUT2D eigenvalue weighted by Gasteiger charge is -2.29. The maximum atomic E-state index is 14.7. The molecular weight excluding hydrogens is 461 g/mol. The molecule has 0 radical (unpaired) electrons. The van der Waals surface area contributed by atoms with E-state index in [2.05, 4.69) is 0 Å². The molecule has 0 N–H and O–H groups in total. The van der Waals surface area contributed by atoms with Crippen LogP contribution in [0.1, 0.15) is 0 Å². The number of cyclic esters (lactones) is 1. The lowest BCUT2D eigenvalue weighted by atomic mass is 10.2. The smallest absolute Gasteiger partial charge is 0.414 e. The first-order valence-electron chi connectivity index (χ1n) is 9.99. The Hall–Kier alpha value is -3.29. The zero-order valence-electron chi connectivity index (χ0n) is 17.3. The van der Waals surface area contributed by atoms with E-state index in [4.69, 9.17) is 13.7 Å². The lowest BCUT2D eigenvalue weighted by molar-refractivity contribution is -0.385. The minimum absolute atomic E-state index is 0.0559. The Balaban J connectivity index is 1.41. The number of nitrogens with zero attached hydrogens (tertiary/aromatic N) is 3. The van der Waals surface area contributed by atoms with Crippen molar-refractivity contribution in [2.75, 3.05) is 49.3 Å². The Morgan fingerprint density at radius 1 is 1.18 bits per heavy atom. The molecule has 2 aromatic rings. The van der Waals surface area contributed by atoms with Crippen LogP contribution in [0.4, 0.5) is 26.2 Å². The first kappa shape index (κ1) is 22.9. The second-order valence-corrected chi connectivity index (χ2v) is 8.96. The number of amides is 1. The topological polar surface area (TPSA) is 129 Å². The van der Waals surface area contributed by atoms with Crippen molar-refractivity contribution in [1.29, 1.82) is 0 Å². The van der Waals surface area contributed by atoms with Gasteiger partial charge < -0.3 is 14.4 Å². The minimum Gasteiger partial charge on any atom is -0.441 e. The maximum Gasteiger partial charge on any atom is 0.414 e. The summed E-state index contributed by atoms with van der Waals surface area (Å²) in [6, 6.07) is 8.78. The van der Waals surface area contributed by atoms with Crippen molar-refractivity contribution in [3.63, 3.8) is 0 Å². The molecule has 2 fully saturated rings. The number of non-ortho nitro benzene ring substituents is 1. The molecule has 13 heteroatoms. The van der Waals surface area contributed by atoms with Gasteiger partial charge >= 0.3 is 6.09 Å². The van der Waals surface area contributed by atoms with Crippen LogP contribution in [0.25, 0.3) is 0 Å². The van der Waals surface area contributed by atoms with Crippen LogP contribution in [0.2, 0.25) is 0 Å². The average Bonchev–Trinajstić information content (AvgIpc) is 3.19. The van der Waals surface area contributed by atoms with Gasteiger partial charge in [-0.3, -0.25) is 19.2 Å². The summed E-state index contributed by atoms with van der Waals surface area (Å²) in [5.41, 5.74) is 0.261. The maximum absolute atomic E-state index is 14.7. The molecule has 1 amide bonds. The zero-order chi connectivity index (χ0) is 23.6. The zero-order valence-corrected chi connectivity index (χ0v) is 18.1. The summed E-state index contributed by atoms with van der Waals surface area (Å²) >= 11 is 0. The van der Waals surface area contributed by atoms with Crippen molar-refractivity contribution in [1.82, 2.24) is 0 Å². The van der Waals surface area contributed by atoms with Crippen LogP contribution in [0.5, 0.6) is 0 Å². The molecule has 0 aliphatic carbocycles. The fourth-order valence-corrected chi connectivity index (χ4v) is 4.51. The van der Waals surface area contributed by atoms with Crippen molar-refractivity contribution < 1.29 is 36.2 Å². The van der Waals surface area contributed by atoms with Gasteiger partial charge in [0.2, 0.25) is 0 Å². The summed E-state index contributed by atoms with van der Waals surface area (Å²) < 4.78 is 54.8. The fourth-order valence-electron chi connectivity index (χ4n) is 3.53. The Labute approximate surface area is 188 Å². The molecule has 1 atom stereocenters. The van der Waals surface area contributed by atoms with E-state index in [1.165, 1.54) is 17.0 Å². The van der Waals surface area contributed by atoms with E-state index in [0.717, 1.165) is 18.2 Å². The summed E-state index contributed by atoms with van der Waals surface area (Å²) in [7, 11) is -4.32. The van der Waals surface area contributed by atoms with Crippen molar-refractivity contribution in [2.45, 2.75) is 11.0 Å². The van der Waals surface area contributed by atoms with Crippen LogP contribution in [-0.4, -0.2) is 65.0 Å². The van der Waals surface area contributed by atoms with Crippen LogP contribution >= 0.6 is 0 Å². The largest absolute Gasteiger partial charge is 0.441 e. The first-order valence-corrected chi connectivity index (χ1v) is 11.4. The number of nitro benzene ring substituents is 1. The monoisotopic (exact) mass is 481 g/mol. The molecule has 2 aliphatic rings. The van der Waals surface area contributed by atoms with Gasteiger partial charge in [0.05, 0.1) is 36.1 Å². The van der Waals surface area contributed by atoms with Gasteiger partial charge in [0.1, 0.15) is 23.4 Å². The number of rotatable bonds is 7. The molecule has 0 aromatic heterocycles. The first-order chi connectivity index (χ1) is 15.7. The van der Waals surface area contributed by atoms with Gasteiger partial charge in [-0.1, -0.05) is 6.07 Å². The fraction of sp³-hybridized carbons (Fsp3) is 0.350. The number of morpholine rings is 1. The third kappa shape index (κ3) is 5.05. The summed E-state index contributed by atoms with van der Waals surface area (Å²) in [6.45, 7) is 1.56. The highest BCUT2D eigenvalue weighted by atomic mass is 32.2. The van der Waals surface area contributed by atoms with E-state index in [1.807, 2.05) is 4.90 Å². The van der Waals surface area contributed by atoms with Crippen molar-refractivity contribution in [3.8, 4) is 0 Å². The molecule has 11 nitrogen and oxygen atoms in total. The van der Waals surface area contributed by atoms with E-state index in [0.29, 0.717) is 32.0 Å². The molecule has 2 saturated heterocycles. The molecule has 0 bridgehead atoms. The molecule has 2 aliphatic heterocycles. The number of nitro groups is 1. The van der Waals surface area contributed by atoms with Crippen LogP contribution in [0.15, 0.2) is 47.4 Å².